The van der Waals surface area contributed by atoms with Crippen LogP contribution in [0, 0.1) is 5.92 Å². The fourth-order valence-electron chi connectivity index (χ4n) is 2.08. The maximum absolute atomic E-state index is 12.3. The van der Waals surface area contributed by atoms with Crippen molar-refractivity contribution in [1.29, 1.82) is 0 Å². The van der Waals surface area contributed by atoms with Crippen molar-refractivity contribution in [1.82, 2.24) is 4.90 Å². The summed E-state index contributed by atoms with van der Waals surface area (Å²) >= 11 is 0. The molecule has 0 bridgehead atoms. The predicted octanol–water partition coefficient (Wildman–Crippen LogP) is 2.58. The first-order valence-electron chi connectivity index (χ1n) is 6.50. The number of hydrogen-bond donors (Lipinski definition) is 1. The van der Waals surface area contributed by atoms with E-state index in [1.807, 2.05) is 37.4 Å². The van der Waals surface area contributed by atoms with Gasteiger partial charge in [0, 0.05) is 13.1 Å². The Labute approximate surface area is 110 Å². The Hall–Kier alpha value is -1.35. The lowest BCUT2D eigenvalue weighted by Gasteiger charge is -2.28. The second kappa shape index (κ2) is 6.55. The van der Waals surface area contributed by atoms with Crippen LogP contribution < -0.4 is 5.73 Å². The first-order valence-corrected chi connectivity index (χ1v) is 6.50. The topological polar surface area (TPSA) is 46.3 Å². The first kappa shape index (κ1) is 14.7. The molecule has 0 saturated carbocycles. The van der Waals surface area contributed by atoms with E-state index >= 15 is 0 Å². The third kappa shape index (κ3) is 3.84. The highest BCUT2D eigenvalue weighted by molar-refractivity contribution is 5.83. The zero-order chi connectivity index (χ0) is 13.7. The SMILES string of the molecule is CC(C)CC(C)N(C)C(=O)[C@H](N)c1ccccc1. The molecule has 0 heterocycles. The van der Waals surface area contributed by atoms with Crippen LogP contribution in [0.1, 0.15) is 38.8 Å². The van der Waals surface area contributed by atoms with E-state index in [1.165, 1.54) is 0 Å². The summed E-state index contributed by atoms with van der Waals surface area (Å²) in [6, 6.07) is 9.16. The highest BCUT2D eigenvalue weighted by Crippen LogP contribution is 2.16. The Balaban J connectivity index is 2.69. The monoisotopic (exact) mass is 248 g/mol. The van der Waals surface area contributed by atoms with Crippen molar-refractivity contribution in [2.45, 2.75) is 39.3 Å². The number of amides is 1. The molecule has 1 amide bonds. The largest absolute Gasteiger partial charge is 0.341 e. The van der Waals surface area contributed by atoms with E-state index in [4.69, 9.17) is 5.73 Å². The standard InChI is InChI=1S/C15H24N2O/c1-11(2)10-12(3)17(4)15(18)14(16)13-8-6-5-7-9-13/h5-9,11-12,14H,10,16H2,1-4H3/t12?,14-/m1/s1. The summed E-state index contributed by atoms with van der Waals surface area (Å²) in [6.07, 6.45) is 0.990. The summed E-state index contributed by atoms with van der Waals surface area (Å²) in [4.78, 5) is 14.0. The third-order valence-electron chi connectivity index (χ3n) is 3.25. The minimum Gasteiger partial charge on any atom is -0.341 e. The Morgan fingerprint density at radius 3 is 2.28 bits per heavy atom. The summed E-state index contributed by atoms with van der Waals surface area (Å²) in [6.45, 7) is 6.38. The zero-order valence-corrected chi connectivity index (χ0v) is 11.8. The van der Waals surface area contributed by atoms with Crippen molar-refractivity contribution in [2.24, 2.45) is 11.7 Å². The van der Waals surface area contributed by atoms with Crippen molar-refractivity contribution in [3.05, 3.63) is 35.9 Å². The number of benzene rings is 1. The zero-order valence-electron chi connectivity index (χ0n) is 11.8. The number of hydrogen-bond acceptors (Lipinski definition) is 2. The Kier molecular flexibility index (Phi) is 5.35. The van der Waals surface area contributed by atoms with Crippen LogP contribution in [0.4, 0.5) is 0 Å². The van der Waals surface area contributed by atoms with E-state index in [2.05, 4.69) is 20.8 Å². The van der Waals surface area contributed by atoms with Gasteiger partial charge in [0.05, 0.1) is 0 Å². The van der Waals surface area contributed by atoms with Gasteiger partial charge < -0.3 is 10.6 Å². The fraction of sp³-hybridized carbons (Fsp3) is 0.533. The van der Waals surface area contributed by atoms with E-state index in [9.17, 15) is 4.79 Å². The van der Waals surface area contributed by atoms with Crippen LogP contribution in [0.5, 0.6) is 0 Å². The van der Waals surface area contributed by atoms with Gasteiger partial charge in [-0.15, -0.1) is 0 Å². The Morgan fingerprint density at radius 2 is 1.78 bits per heavy atom. The minimum absolute atomic E-state index is 0.0191. The van der Waals surface area contributed by atoms with Crippen molar-refractivity contribution >= 4 is 5.91 Å². The number of nitrogens with two attached hydrogens (primary N) is 1. The Bertz CT molecular complexity index is 375. The van der Waals surface area contributed by atoms with E-state index in [1.54, 1.807) is 4.90 Å². The molecule has 18 heavy (non-hydrogen) atoms. The molecule has 1 unspecified atom stereocenters. The minimum atomic E-state index is -0.564. The molecular formula is C15H24N2O. The van der Waals surface area contributed by atoms with E-state index in [-0.39, 0.29) is 11.9 Å². The van der Waals surface area contributed by atoms with Crippen molar-refractivity contribution < 1.29 is 4.79 Å². The summed E-state index contributed by atoms with van der Waals surface area (Å²) in [7, 11) is 1.83. The van der Waals surface area contributed by atoms with Gasteiger partial charge in [-0.3, -0.25) is 4.79 Å². The molecule has 0 radical (unpaired) electrons. The quantitative estimate of drug-likeness (QED) is 0.870. The molecule has 0 aliphatic carbocycles. The molecule has 0 spiro atoms. The molecule has 0 aromatic heterocycles. The molecule has 2 N–H and O–H groups in total. The smallest absolute Gasteiger partial charge is 0.244 e. The van der Waals surface area contributed by atoms with Gasteiger partial charge in [-0.2, -0.15) is 0 Å². The molecule has 0 fully saturated rings. The lowest BCUT2D eigenvalue weighted by molar-refractivity contribution is -0.133. The molecule has 2 atom stereocenters. The molecule has 0 aliphatic rings. The number of carbonyl (C=O) groups is 1. The van der Waals surface area contributed by atoms with E-state index < -0.39 is 6.04 Å². The maximum Gasteiger partial charge on any atom is 0.244 e. The molecule has 1 rings (SSSR count). The molecule has 3 nitrogen and oxygen atoms in total. The highest BCUT2D eigenvalue weighted by Gasteiger charge is 2.23. The summed E-state index contributed by atoms with van der Waals surface area (Å²) in [5, 5.41) is 0. The van der Waals surface area contributed by atoms with Gasteiger partial charge >= 0.3 is 0 Å². The van der Waals surface area contributed by atoms with Crippen molar-refractivity contribution in [3.8, 4) is 0 Å². The van der Waals surface area contributed by atoms with Crippen LogP contribution in [0.3, 0.4) is 0 Å². The van der Waals surface area contributed by atoms with Crippen LogP contribution in [0.2, 0.25) is 0 Å². The number of carbonyl (C=O) groups excluding carboxylic acids is 1. The van der Waals surface area contributed by atoms with Gasteiger partial charge in [0.15, 0.2) is 0 Å². The summed E-state index contributed by atoms with van der Waals surface area (Å²) in [5.41, 5.74) is 6.88. The maximum atomic E-state index is 12.3. The third-order valence-corrected chi connectivity index (χ3v) is 3.25. The average Bonchev–Trinajstić information content (AvgIpc) is 2.36. The number of nitrogens with zero attached hydrogens (tertiary/aromatic N) is 1. The highest BCUT2D eigenvalue weighted by atomic mass is 16.2. The second-order valence-electron chi connectivity index (χ2n) is 5.32. The first-order chi connectivity index (χ1) is 8.43. The molecular weight excluding hydrogens is 224 g/mol. The fourth-order valence-corrected chi connectivity index (χ4v) is 2.08. The van der Waals surface area contributed by atoms with Crippen LogP contribution in [-0.4, -0.2) is 23.9 Å². The van der Waals surface area contributed by atoms with Gasteiger partial charge in [0.25, 0.3) is 0 Å². The average molecular weight is 248 g/mol. The van der Waals surface area contributed by atoms with Gasteiger partial charge in [-0.05, 0) is 24.8 Å². The lowest BCUT2D eigenvalue weighted by atomic mass is 10.0. The van der Waals surface area contributed by atoms with Crippen LogP contribution >= 0.6 is 0 Å². The molecule has 1 aromatic carbocycles. The van der Waals surface area contributed by atoms with Crippen LogP contribution in [0.15, 0.2) is 30.3 Å². The number of rotatable bonds is 5. The van der Waals surface area contributed by atoms with Gasteiger partial charge in [0.1, 0.15) is 6.04 Å². The summed E-state index contributed by atoms with van der Waals surface area (Å²) in [5.74, 6) is 0.553. The molecule has 1 aromatic rings. The number of likely N-dealkylation sites (N-methyl/N-ethyl adjacent to an activating group) is 1. The van der Waals surface area contributed by atoms with Crippen LogP contribution in [0.25, 0.3) is 0 Å². The van der Waals surface area contributed by atoms with E-state index in [0.29, 0.717) is 5.92 Å². The van der Waals surface area contributed by atoms with Gasteiger partial charge in [0.2, 0.25) is 5.91 Å². The predicted molar refractivity (Wildman–Crippen MR) is 75.1 cm³/mol. The van der Waals surface area contributed by atoms with Gasteiger partial charge in [-0.1, -0.05) is 44.2 Å². The van der Waals surface area contributed by atoms with Crippen LogP contribution in [-0.2, 0) is 4.79 Å². The van der Waals surface area contributed by atoms with Crippen molar-refractivity contribution in [2.75, 3.05) is 7.05 Å². The van der Waals surface area contributed by atoms with E-state index in [0.717, 1.165) is 12.0 Å². The molecule has 100 valence electrons. The lowest BCUT2D eigenvalue weighted by Crippen LogP contribution is -2.41. The molecule has 0 saturated heterocycles. The van der Waals surface area contributed by atoms with Gasteiger partial charge in [-0.25, -0.2) is 0 Å². The normalized spacial score (nSPS) is 14.3. The summed E-state index contributed by atoms with van der Waals surface area (Å²) < 4.78 is 0. The molecule has 0 aliphatic heterocycles. The second-order valence-corrected chi connectivity index (χ2v) is 5.32. The Morgan fingerprint density at radius 1 is 1.22 bits per heavy atom. The van der Waals surface area contributed by atoms with Crippen molar-refractivity contribution in [3.63, 3.8) is 0 Å². The molecule has 3 heteroatoms.